The Hall–Kier alpha value is -3.45. The molecular weight excluding hydrogens is 476 g/mol. The van der Waals surface area contributed by atoms with E-state index in [1.165, 1.54) is 60.9 Å². The highest BCUT2D eigenvalue weighted by Crippen LogP contribution is 2.26. The SMILES string of the molecule is CCO/C=C/C(=O)Cl.Nc1ccc2c(c1)NCCCC2.O=c1ccc2cc3c(cc2[nH]1)NCCCC3. The van der Waals surface area contributed by atoms with Crippen molar-refractivity contribution in [1.82, 2.24) is 4.98 Å². The molecule has 2 aliphatic rings. The first-order chi connectivity index (χ1) is 17.5. The van der Waals surface area contributed by atoms with Crippen LogP contribution in [0.15, 0.2) is 59.6 Å². The summed E-state index contributed by atoms with van der Waals surface area (Å²) in [5, 5.41) is 7.40. The topological polar surface area (TPSA) is 109 Å². The van der Waals surface area contributed by atoms with Crippen molar-refractivity contribution in [1.29, 1.82) is 0 Å². The highest BCUT2D eigenvalue weighted by atomic mass is 35.5. The number of carbonyl (C=O) groups is 1. The Balaban J connectivity index is 0.000000161. The predicted octanol–water partition coefficient (Wildman–Crippen LogP) is 5.60. The fourth-order valence-electron chi connectivity index (χ4n) is 4.12. The van der Waals surface area contributed by atoms with Crippen LogP contribution < -0.4 is 21.9 Å². The summed E-state index contributed by atoms with van der Waals surface area (Å²) in [6.45, 7) is 4.48. The summed E-state index contributed by atoms with van der Waals surface area (Å²) in [7, 11) is 0. The van der Waals surface area contributed by atoms with Crippen LogP contribution in [0.25, 0.3) is 10.9 Å². The zero-order valence-corrected chi connectivity index (χ0v) is 21.5. The number of ether oxygens (including phenoxy) is 1. The van der Waals surface area contributed by atoms with Crippen molar-refractivity contribution in [3.63, 3.8) is 0 Å². The van der Waals surface area contributed by atoms with E-state index in [-0.39, 0.29) is 5.56 Å². The summed E-state index contributed by atoms with van der Waals surface area (Å²) >= 11 is 4.91. The molecule has 7 nitrogen and oxygen atoms in total. The van der Waals surface area contributed by atoms with Gasteiger partial charge in [0.25, 0.3) is 0 Å². The first-order valence-electron chi connectivity index (χ1n) is 12.5. The van der Waals surface area contributed by atoms with Crippen molar-refractivity contribution in [2.45, 2.75) is 45.4 Å². The largest absolute Gasteiger partial charge is 0.501 e. The summed E-state index contributed by atoms with van der Waals surface area (Å²) in [5.74, 6) is 0. The molecule has 192 valence electrons. The number of rotatable bonds is 3. The van der Waals surface area contributed by atoms with Crippen LogP contribution in [0, 0.1) is 0 Å². The van der Waals surface area contributed by atoms with Crippen molar-refractivity contribution in [2.24, 2.45) is 0 Å². The smallest absolute Gasteiger partial charge is 0.248 e. The number of hydrogen-bond acceptors (Lipinski definition) is 6. The van der Waals surface area contributed by atoms with E-state index in [2.05, 4.69) is 38.6 Å². The number of aromatic nitrogens is 1. The maximum absolute atomic E-state index is 11.2. The number of pyridine rings is 1. The Morgan fingerprint density at radius 2 is 1.67 bits per heavy atom. The molecular formula is C28H35ClN4O3. The molecule has 0 unspecified atom stereocenters. The van der Waals surface area contributed by atoms with Gasteiger partial charge in [0.2, 0.25) is 10.8 Å². The number of H-pyrrole nitrogens is 1. The average Bonchev–Trinajstić information content (AvgIpc) is 3.23. The third-order valence-corrected chi connectivity index (χ3v) is 6.05. The third kappa shape index (κ3) is 8.64. The number of nitrogens with two attached hydrogens (primary N) is 1. The normalized spacial score (nSPS) is 14.3. The number of aryl methyl sites for hydroxylation is 2. The van der Waals surface area contributed by atoms with Gasteiger partial charge in [0.15, 0.2) is 0 Å². The van der Waals surface area contributed by atoms with E-state index in [9.17, 15) is 9.59 Å². The number of halogens is 1. The molecule has 0 atom stereocenters. The molecule has 1 aromatic heterocycles. The standard InChI is InChI=1S/C13H14N2O.C10H14N2.C5H7ClO2/c16-13-5-4-10-7-9-3-1-2-6-14-11(9)8-12(10)15-13;11-9-5-4-8-3-1-2-6-12-10(8)7-9;1-2-8-4-3-5(6)7/h4-5,7-8,14H,1-3,6H2,(H,15,16);4-5,7,12H,1-3,6,11H2;3-4H,2H2,1H3/b;;4-3+. The second-order valence-corrected chi connectivity index (χ2v) is 9.04. The molecule has 2 aromatic carbocycles. The van der Waals surface area contributed by atoms with Crippen LogP contribution >= 0.6 is 11.6 Å². The Morgan fingerprint density at radius 1 is 0.972 bits per heavy atom. The zero-order chi connectivity index (χ0) is 25.8. The van der Waals surface area contributed by atoms with Gasteiger partial charge in [-0.05, 0) is 104 Å². The molecule has 36 heavy (non-hydrogen) atoms. The van der Waals surface area contributed by atoms with Gasteiger partial charge in [0, 0.05) is 42.3 Å². The molecule has 3 aromatic rings. The molecule has 0 fully saturated rings. The number of nitrogen functional groups attached to an aromatic ring is 1. The lowest BCUT2D eigenvalue weighted by Crippen LogP contribution is -2.04. The summed E-state index contributed by atoms with van der Waals surface area (Å²) in [6, 6.07) is 13.8. The van der Waals surface area contributed by atoms with E-state index in [0.717, 1.165) is 42.2 Å². The number of carbonyl (C=O) groups excluding carboxylic acids is 1. The van der Waals surface area contributed by atoms with Crippen LogP contribution in [-0.2, 0) is 22.4 Å². The second-order valence-electron chi connectivity index (χ2n) is 8.67. The van der Waals surface area contributed by atoms with Crippen molar-refractivity contribution >= 4 is 44.8 Å². The Labute approximate surface area is 217 Å². The molecule has 0 bridgehead atoms. The monoisotopic (exact) mass is 510 g/mol. The van der Waals surface area contributed by atoms with Crippen molar-refractivity contribution in [3.8, 4) is 0 Å². The highest BCUT2D eigenvalue weighted by Gasteiger charge is 2.09. The van der Waals surface area contributed by atoms with Gasteiger partial charge in [-0.2, -0.15) is 0 Å². The zero-order valence-electron chi connectivity index (χ0n) is 20.7. The second kappa shape index (κ2) is 14.2. The van der Waals surface area contributed by atoms with E-state index < -0.39 is 5.24 Å². The van der Waals surface area contributed by atoms with Gasteiger partial charge >= 0.3 is 0 Å². The maximum atomic E-state index is 11.2. The van der Waals surface area contributed by atoms with Crippen molar-refractivity contribution in [3.05, 3.63) is 76.3 Å². The minimum atomic E-state index is -0.515. The van der Waals surface area contributed by atoms with Gasteiger partial charge in [-0.3, -0.25) is 9.59 Å². The number of hydrogen-bond donors (Lipinski definition) is 4. The number of fused-ring (bicyclic) bond motifs is 3. The van der Waals surface area contributed by atoms with E-state index in [4.69, 9.17) is 17.3 Å². The molecule has 2 aliphatic heterocycles. The summed E-state index contributed by atoms with van der Waals surface area (Å²) < 4.78 is 4.66. The first-order valence-corrected chi connectivity index (χ1v) is 12.8. The summed E-state index contributed by atoms with van der Waals surface area (Å²) in [5.41, 5.74) is 12.6. The number of benzene rings is 2. The predicted molar refractivity (Wildman–Crippen MR) is 150 cm³/mol. The molecule has 0 aliphatic carbocycles. The van der Waals surface area contributed by atoms with Gasteiger partial charge < -0.3 is 26.1 Å². The minimum Gasteiger partial charge on any atom is -0.501 e. The molecule has 5 rings (SSSR count). The number of anilines is 3. The van der Waals surface area contributed by atoms with Crippen LogP contribution in [0.1, 0.15) is 43.7 Å². The van der Waals surface area contributed by atoms with E-state index in [1.807, 2.05) is 25.1 Å². The van der Waals surface area contributed by atoms with E-state index >= 15 is 0 Å². The Morgan fingerprint density at radius 3 is 2.36 bits per heavy atom. The first kappa shape index (κ1) is 27.1. The van der Waals surface area contributed by atoms with Crippen LogP contribution in [-0.4, -0.2) is 29.9 Å². The molecule has 3 heterocycles. The molecule has 0 saturated heterocycles. The molecule has 0 spiro atoms. The molecule has 0 amide bonds. The van der Waals surface area contributed by atoms with Gasteiger partial charge in [-0.1, -0.05) is 6.07 Å². The number of aromatic amines is 1. The fourth-order valence-corrected chi connectivity index (χ4v) is 4.17. The number of allylic oxidation sites excluding steroid dienone is 1. The Kier molecular flexibility index (Phi) is 10.7. The lowest BCUT2D eigenvalue weighted by molar-refractivity contribution is -0.107. The van der Waals surface area contributed by atoms with Gasteiger partial charge in [0.1, 0.15) is 0 Å². The van der Waals surface area contributed by atoms with Gasteiger partial charge in [-0.25, -0.2) is 0 Å². The van der Waals surface area contributed by atoms with Crippen LogP contribution in [0.2, 0.25) is 0 Å². The molecule has 8 heteroatoms. The maximum Gasteiger partial charge on any atom is 0.248 e. The number of nitrogens with one attached hydrogen (secondary N) is 3. The lowest BCUT2D eigenvalue weighted by Gasteiger charge is -2.09. The van der Waals surface area contributed by atoms with Gasteiger partial charge in [0.05, 0.1) is 18.4 Å². The average molecular weight is 511 g/mol. The summed E-state index contributed by atoms with van der Waals surface area (Å²) in [4.78, 5) is 24.0. The van der Waals surface area contributed by atoms with Gasteiger partial charge in [-0.15, -0.1) is 0 Å². The Bertz CT molecular complexity index is 1240. The fraction of sp³-hybridized carbons (Fsp3) is 0.357. The van der Waals surface area contributed by atoms with Crippen LogP contribution in [0.3, 0.4) is 0 Å². The van der Waals surface area contributed by atoms with Crippen molar-refractivity contribution in [2.75, 3.05) is 36.1 Å². The summed E-state index contributed by atoms with van der Waals surface area (Å²) in [6.07, 6.45) is 9.72. The third-order valence-electron chi connectivity index (χ3n) is 5.92. The highest BCUT2D eigenvalue weighted by molar-refractivity contribution is 6.66. The van der Waals surface area contributed by atoms with Crippen LogP contribution in [0.4, 0.5) is 17.1 Å². The van der Waals surface area contributed by atoms with E-state index in [0.29, 0.717) is 6.61 Å². The van der Waals surface area contributed by atoms with Crippen molar-refractivity contribution < 1.29 is 9.53 Å². The molecule has 0 saturated carbocycles. The molecule has 0 radical (unpaired) electrons. The quantitative estimate of drug-likeness (QED) is 0.158. The lowest BCUT2D eigenvalue weighted by atomic mass is 10.0. The van der Waals surface area contributed by atoms with Crippen LogP contribution in [0.5, 0.6) is 0 Å². The molecule has 5 N–H and O–H groups in total. The minimum absolute atomic E-state index is 0.0407. The van der Waals surface area contributed by atoms with E-state index in [1.54, 1.807) is 6.07 Å².